The van der Waals surface area contributed by atoms with Crippen molar-refractivity contribution < 1.29 is 9.47 Å². The SMILES string of the molecule is CCN(CC)c1cc(C)nc(N(CC)c2c(Cl)cc(OC)cc2OC)n1. The largest absolute Gasteiger partial charge is 0.497 e. The third-order valence-corrected chi connectivity index (χ3v) is 4.49. The number of anilines is 3. The third-order valence-electron chi connectivity index (χ3n) is 4.20. The smallest absolute Gasteiger partial charge is 0.232 e. The van der Waals surface area contributed by atoms with Gasteiger partial charge < -0.3 is 19.3 Å². The van der Waals surface area contributed by atoms with Gasteiger partial charge in [-0.25, -0.2) is 4.98 Å². The van der Waals surface area contributed by atoms with Gasteiger partial charge in [-0.2, -0.15) is 4.98 Å². The zero-order valence-electron chi connectivity index (χ0n) is 16.3. The Morgan fingerprint density at radius 2 is 1.65 bits per heavy atom. The molecule has 1 aromatic heterocycles. The summed E-state index contributed by atoms with van der Waals surface area (Å²) >= 11 is 6.54. The van der Waals surface area contributed by atoms with Crippen LogP contribution < -0.4 is 19.3 Å². The van der Waals surface area contributed by atoms with E-state index in [0.717, 1.165) is 30.3 Å². The van der Waals surface area contributed by atoms with Gasteiger partial charge >= 0.3 is 0 Å². The van der Waals surface area contributed by atoms with Gasteiger partial charge in [-0.1, -0.05) is 11.6 Å². The predicted molar refractivity (Wildman–Crippen MR) is 108 cm³/mol. The van der Waals surface area contributed by atoms with E-state index in [9.17, 15) is 0 Å². The van der Waals surface area contributed by atoms with E-state index in [1.165, 1.54) is 0 Å². The Labute approximate surface area is 160 Å². The minimum atomic E-state index is 0.526. The fraction of sp³-hybridized carbons (Fsp3) is 0.474. The summed E-state index contributed by atoms with van der Waals surface area (Å²) in [4.78, 5) is 13.6. The number of hydrogen-bond acceptors (Lipinski definition) is 6. The van der Waals surface area contributed by atoms with E-state index in [1.807, 2.05) is 30.9 Å². The van der Waals surface area contributed by atoms with Crippen LogP contribution in [-0.4, -0.2) is 43.8 Å². The predicted octanol–water partition coefficient (Wildman–Crippen LogP) is 4.46. The van der Waals surface area contributed by atoms with Gasteiger partial charge in [-0.15, -0.1) is 0 Å². The number of benzene rings is 1. The molecule has 26 heavy (non-hydrogen) atoms. The van der Waals surface area contributed by atoms with Crippen LogP contribution in [0.5, 0.6) is 11.5 Å². The number of aromatic nitrogens is 2. The fourth-order valence-corrected chi connectivity index (χ4v) is 3.15. The van der Waals surface area contributed by atoms with E-state index in [0.29, 0.717) is 29.0 Å². The lowest BCUT2D eigenvalue weighted by atomic mass is 10.2. The monoisotopic (exact) mass is 378 g/mol. The van der Waals surface area contributed by atoms with Crippen LogP contribution >= 0.6 is 11.6 Å². The second-order valence-electron chi connectivity index (χ2n) is 5.74. The van der Waals surface area contributed by atoms with Crippen LogP contribution in [0.1, 0.15) is 26.5 Å². The minimum Gasteiger partial charge on any atom is -0.497 e. The molecule has 2 rings (SSSR count). The molecule has 0 spiro atoms. The van der Waals surface area contributed by atoms with Crippen molar-refractivity contribution in [1.82, 2.24) is 9.97 Å². The Kier molecular flexibility index (Phi) is 6.91. The molecule has 142 valence electrons. The van der Waals surface area contributed by atoms with Crippen LogP contribution in [0.4, 0.5) is 17.5 Å². The molecule has 0 bridgehead atoms. The van der Waals surface area contributed by atoms with Crippen molar-refractivity contribution in [3.8, 4) is 11.5 Å². The first-order valence-corrected chi connectivity index (χ1v) is 9.16. The molecule has 0 aliphatic carbocycles. The highest BCUT2D eigenvalue weighted by molar-refractivity contribution is 6.34. The molecule has 0 saturated heterocycles. The molecule has 0 radical (unpaired) electrons. The lowest BCUT2D eigenvalue weighted by Crippen LogP contribution is -2.26. The highest BCUT2D eigenvalue weighted by Gasteiger charge is 2.21. The van der Waals surface area contributed by atoms with Crippen molar-refractivity contribution in [3.63, 3.8) is 0 Å². The van der Waals surface area contributed by atoms with Gasteiger partial charge in [0.25, 0.3) is 0 Å². The van der Waals surface area contributed by atoms with E-state index in [4.69, 9.17) is 26.1 Å². The van der Waals surface area contributed by atoms with Gasteiger partial charge in [0.15, 0.2) is 0 Å². The molecule has 0 aliphatic heterocycles. The van der Waals surface area contributed by atoms with Crippen LogP contribution in [0.15, 0.2) is 18.2 Å². The molecule has 0 atom stereocenters. The number of halogens is 1. The van der Waals surface area contributed by atoms with Crippen LogP contribution in [0, 0.1) is 6.92 Å². The van der Waals surface area contributed by atoms with Crippen molar-refractivity contribution in [2.75, 3.05) is 43.7 Å². The Balaban J connectivity index is 2.59. The summed E-state index contributed by atoms with van der Waals surface area (Å²) in [5.74, 6) is 2.76. The molecule has 0 amide bonds. The Morgan fingerprint density at radius 1 is 0.962 bits per heavy atom. The zero-order valence-corrected chi connectivity index (χ0v) is 17.1. The Hall–Kier alpha value is -2.21. The lowest BCUT2D eigenvalue weighted by Gasteiger charge is -2.27. The van der Waals surface area contributed by atoms with E-state index in [2.05, 4.69) is 23.7 Å². The van der Waals surface area contributed by atoms with E-state index in [1.54, 1.807) is 20.3 Å². The van der Waals surface area contributed by atoms with E-state index in [-0.39, 0.29) is 0 Å². The summed E-state index contributed by atoms with van der Waals surface area (Å²) in [5.41, 5.74) is 1.63. The van der Waals surface area contributed by atoms with Crippen LogP contribution in [0.3, 0.4) is 0 Å². The maximum absolute atomic E-state index is 6.54. The lowest BCUT2D eigenvalue weighted by molar-refractivity contribution is 0.394. The molecule has 6 nitrogen and oxygen atoms in total. The van der Waals surface area contributed by atoms with Crippen LogP contribution in [0.2, 0.25) is 5.02 Å². The van der Waals surface area contributed by atoms with Gasteiger partial charge in [-0.05, 0) is 27.7 Å². The van der Waals surface area contributed by atoms with Crippen LogP contribution in [0.25, 0.3) is 0 Å². The summed E-state index contributed by atoms with van der Waals surface area (Å²) in [6, 6.07) is 5.57. The number of methoxy groups -OCH3 is 2. The van der Waals surface area contributed by atoms with Gasteiger partial charge in [0.1, 0.15) is 23.0 Å². The first kappa shape index (κ1) is 20.1. The fourth-order valence-electron chi connectivity index (χ4n) is 2.85. The second-order valence-corrected chi connectivity index (χ2v) is 6.15. The topological polar surface area (TPSA) is 50.7 Å². The molecule has 0 fully saturated rings. The summed E-state index contributed by atoms with van der Waals surface area (Å²) < 4.78 is 10.8. The quantitative estimate of drug-likeness (QED) is 0.676. The number of rotatable bonds is 8. The average molecular weight is 379 g/mol. The molecule has 7 heteroatoms. The molecule has 0 aliphatic rings. The van der Waals surface area contributed by atoms with Gasteiger partial charge in [0.05, 0.1) is 19.2 Å². The first-order valence-electron chi connectivity index (χ1n) is 8.78. The van der Waals surface area contributed by atoms with Crippen molar-refractivity contribution in [3.05, 3.63) is 28.9 Å². The number of hydrogen-bond donors (Lipinski definition) is 0. The molecule has 0 unspecified atom stereocenters. The molecular weight excluding hydrogens is 352 g/mol. The molecule has 0 saturated carbocycles. The first-order chi connectivity index (χ1) is 12.5. The third kappa shape index (κ3) is 4.12. The van der Waals surface area contributed by atoms with Gasteiger partial charge in [0.2, 0.25) is 5.95 Å². The average Bonchev–Trinajstić information content (AvgIpc) is 2.63. The summed E-state index contributed by atoms with van der Waals surface area (Å²) in [6.07, 6.45) is 0. The minimum absolute atomic E-state index is 0.526. The molecule has 0 N–H and O–H groups in total. The van der Waals surface area contributed by atoms with Crippen molar-refractivity contribution in [2.45, 2.75) is 27.7 Å². The molecular formula is C19H27ClN4O2. The standard InChI is InChI=1S/C19H27ClN4O2/c1-7-23(8-2)17-10-13(4)21-19(22-17)24(9-3)18-15(20)11-14(25-5)12-16(18)26-6/h10-12H,7-9H2,1-6H3. The van der Waals surface area contributed by atoms with E-state index < -0.39 is 0 Å². The summed E-state index contributed by atoms with van der Waals surface area (Å²) in [6.45, 7) is 10.6. The number of ether oxygens (including phenoxy) is 2. The zero-order chi connectivity index (χ0) is 19.3. The summed E-state index contributed by atoms with van der Waals surface area (Å²) in [7, 11) is 3.21. The normalized spacial score (nSPS) is 10.6. The van der Waals surface area contributed by atoms with E-state index >= 15 is 0 Å². The Bertz CT molecular complexity index is 751. The molecule has 1 aromatic carbocycles. The Morgan fingerprint density at radius 3 is 2.19 bits per heavy atom. The second kappa shape index (κ2) is 8.94. The van der Waals surface area contributed by atoms with Gasteiger partial charge in [0, 0.05) is 43.5 Å². The maximum atomic E-state index is 6.54. The van der Waals surface area contributed by atoms with Crippen molar-refractivity contribution in [1.29, 1.82) is 0 Å². The summed E-state index contributed by atoms with van der Waals surface area (Å²) in [5, 5.41) is 0.526. The van der Waals surface area contributed by atoms with Gasteiger partial charge in [-0.3, -0.25) is 0 Å². The van der Waals surface area contributed by atoms with Crippen molar-refractivity contribution in [2.24, 2.45) is 0 Å². The number of aryl methyl sites for hydroxylation is 1. The van der Waals surface area contributed by atoms with Crippen LogP contribution in [-0.2, 0) is 0 Å². The maximum Gasteiger partial charge on any atom is 0.232 e. The molecule has 2 aromatic rings. The van der Waals surface area contributed by atoms with Crippen molar-refractivity contribution >= 4 is 29.1 Å². The highest BCUT2D eigenvalue weighted by atomic mass is 35.5. The number of nitrogens with zero attached hydrogens (tertiary/aromatic N) is 4. The highest BCUT2D eigenvalue weighted by Crippen LogP contribution is 2.42. The molecule has 1 heterocycles.